The lowest BCUT2D eigenvalue weighted by atomic mass is 10.1. The van der Waals surface area contributed by atoms with Crippen LogP contribution in [0, 0.1) is 0 Å². The molecule has 4 nitrogen and oxygen atoms in total. The van der Waals surface area contributed by atoms with Gasteiger partial charge in [-0.05, 0) is 30.2 Å². The average Bonchev–Trinajstić information content (AvgIpc) is 2.79. The second kappa shape index (κ2) is 7.13. The highest BCUT2D eigenvalue weighted by Gasteiger charge is 2.18. The molecule has 0 saturated carbocycles. The number of halogens is 2. The molecular weight excluding hydrogens is 333 g/mol. The van der Waals surface area contributed by atoms with E-state index in [4.69, 9.17) is 23.2 Å². The molecule has 1 aromatic heterocycles. The number of hydrogen-bond acceptors (Lipinski definition) is 4. The van der Waals surface area contributed by atoms with Crippen LogP contribution < -0.4 is 5.32 Å². The standard InChI is InChI=1S/C14H13Cl2NO3S/c15-12-6-11(13(16)21-12)14(20)17-9(7-18)5-8-1-3-10(19)4-2-8/h1-4,6,9,18-19H,5,7H2,(H,17,20)/t9-/m0/s1. The van der Waals surface area contributed by atoms with Crippen molar-refractivity contribution in [2.75, 3.05) is 6.61 Å². The first kappa shape index (κ1) is 16.1. The number of amides is 1. The number of phenolic OH excluding ortho intramolecular Hbond substituents is 1. The summed E-state index contributed by atoms with van der Waals surface area (Å²) in [6.07, 6.45) is 0.442. The molecule has 21 heavy (non-hydrogen) atoms. The minimum Gasteiger partial charge on any atom is -0.508 e. The number of aliphatic hydroxyl groups is 1. The van der Waals surface area contributed by atoms with Crippen molar-refractivity contribution in [3.8, 4) is 5.75 Å². The first-order valence-corrected chi connectivity index (χ1v) is 7.71. The van der Waals surface area contributed by atoms with Crippen LogP contribution in [-0.2, 0) is 6.42 Å². The van der Waals surface area contributed by atoms with E-state index < -0.39 is 6.04 Å². The molecule has 0 fully saturated rings. The Hall–Kier alpha value is -1.27. The minimum absolute atomic E-state index is 0.169. The molecule has 0 aliphatic heterocycles. The van der Waals surface area contributed by atoms with Crippen molar-refractivity contribution < 1.29 is 15.0 Å². The summed E-state index contributed by atoms with van der Waals surface area (Å²) in [5.74, 6) is -0.205. The van der Waals surface area contributed by atoms with E-state index in [1.807, 2.05) is 0 Å². The maximum atomic E-state index is 12.1. The quantitative estimate of drug-likeness (QED) is 0.779. The fourth-order valence-electron chi connectivity index (χ4n) is 1.84. The largest absolute Gasteiger partial charge is 0.508 e. The van der Waals surface area contributed by atoms with Gasteiger partial charge < -0.3 is 15.5 Å². The molecular formula is C14H13Cl2NO3S. The Morgan fingerprint density at radius 2 is 1.95 bits per heavy atom. The predicted octanol–water partition coefficient (Wildman–Crippen LogP) is 3.09. The van der Waals surface area contributed by atoms with Crippen LogP contribution in [0.4, 0.5) is 0 Å². The van der Waals surface area contributed by atoms with Crippen molar-refractivity contribution in [3.63, 3.8) is 0 Å². The lowest BCUT2D eigenvalue weighted by Gasteiger charge is -2.16. The van der Waals surface area contributed by atoms with Crippen molar-refractivity contribution in [3.05, 3.63) is 50.1 Å². The maximum Gasteiger partial charge on any atom is 0.254 e. The number of rotatable bonds is 5. The fourth-order valence-corrected chi connectivity index (χ4v) is 3.29. The van der Waals surface area contributed by atoms with Crippen LogP contribution in [-0.4, -0.2) is 28.8 Å². The summed E-state index contributed by atoms with van der Waals surface area (Å²) in [5.41, 5.74) is 1.19. The number of aromatic hydroxyl groups is 1. The van der Waals surface area contributed by atoms with E-state index in [1.165, 1.54) is 6.07 Å². The van der Waals surface area contributed by atoms with Crippen LogP contribution in [0.15, 0.2) is 30.3 Å². The number of phenols is 1. The topological polar surface area (TPSA) is 69.6 Å². The van der Waals surface area contributed by atoms with Crippen molar-refractivity contribution in [2.24, 2.45) is 0 Å². The van der Waals surface area contributed by atoms with Gasteiger partial charge in [0.05, 0.1) is 22.5 Å². The monoisotopic (exact) mass is 345 g/mol. The summed E-state index contributed by atoms with van der Waals surface area (Å²) in [4.78, 5) is 12.1. The van der Waals surface area contributed by atoms with Gasteiger partial charge in [-0.15, -0.1) is 11.3 Å². The molecule has 0 aliphatic rings. The van der Waals surface area contributed by atoms with E-state index >= 15 is 0 Å². The molecule has 112 valence electrons. The first-order chi connectivity index (χ1) is 9.99. The van der Waals surface area contributed by atoms with E-state index in [1.54, 1.807) is 24.3 Å². The van der Waals surface area contributed by atoms with E-state index in [0.717, 1.165) is 16.9 Å². The highest BCUT2D eigenvalue weighted by Crippen LogP contribution is 2.31. The van der Waals surface area contributed by atoms with Gasteiger partial charge in [0.15, 0.2) is 0 Å². The second-order valence-electron chi connectivity index (χ2n) is 4.46. The Kier molecular flexibility index (Phi) is 5.47. The van der Waals surface area contributed by atoms with Crippen LogP contribution in [0.3, 0.4) is 0 Å². The van der Waals surface area contributed by atoms with Crippen LogP contribution in [0.2, 0.25) is 8.67 Å². The zero-order valence-electron chi connectivity index (χ0n) is 10.8. The van der Waals surface area contributed by atoms with Gasteiger partial charge in [0.25, 0.3) is 5.91 Å². The number of benzene rings is 1. The zero-order chi connectivity index (χ0) is 15.4. The second-order valence-corrected chi connectivity index (χ2v) is 6.75. The van der Waals surface area contributed by atoms with Gasteiger partial charge in [0.1, 0.15) is 10.1 Å². The average molecular weight is 346 g/mol. The molecule has 0 bridgehead atoms. The molecule has 3 N–H and O–H groups in total. The molecule has 1 amide bonds. The molecule has 0 aliphatic carbocycles. The molecule has 2 aromatic rings. The Morgan fingerprint density at radius 1 is 1.29 bits per heavy atom. The first-order valence-electron chi connectivity index (χ1n) is 6.14. The maximum absolute atomic E-state index is 12.1. The number of aliphatic hydroxyl groups excluding tert-OH is 1. The van der Waals surface area contributed by atoms with Crippen LogP contribution in [0.25, 0.3) is 0 Å². The lowest BCUT2D eigenvalue weighted by molar-refractivity contribution is 0.0917. The van der Waals surface area contributed by atoms with Gasteiger partial charge >= 0.3 is 0 Å². The Morgan fingerprint density at radius 3 is 2.48 bits per heavy atom. The Balaban J connectivity index is 2.03. The van der Waals surface area contributed by atoms with Gasteiger partial charge in [0, 0.05) is 0 Å². The van der Waals surface area contributed by atoms with E-state index in [2.05, 4.69) is 5.32 Å². The summed E-state index contributed by atoms with van der Waals surface area (Å²) in [6.45, 7) is -0.206. The van der Waals surface area contributed by atoms with Gasteiger partial charge in [-0.3, -0.25) is 4.79 Å². The van der Waals surface area contributed by atoms with Crippen LogP contribution in [0.1, 0.15) is 15.9 Å². The zero-order valence-corrected chi connectivity index (χ0v) is 13.2. The fraction of sp³-hybridized carbons (Fsp3) is 0.214. The molecule has 7 heteroatoms. The third-order valence-electron chi connectivity index (χ3n) is 2.88. The smallest absolute Gasteiger partial charge is 0.254 e. The van der Waals surface area contributed by atoms with Crippen molar-refractivity contribution >= 4 is 40.4 Å². The minimum atomic E-state index is -0.447. The molecule has 1 atom stereocenters. The molecule has 2 rings (SSSR count). The summed E-state index contributed by atoms with van der Waals surface area (Å²) >= 11 is 12.9. The van der Waals surface area contributed by atoms with E-state index in [9.17, 15) is 15.0 Å². The van der Waals surface area contributed by atoms with Gasteiger partial charge in [-0.25, -0.2) is 0 Å². The molecule has 0 spiro atoms. The third kappa shape index (κ3) is 4.35. The summed E-state index contributed by atoms with van der Waals surface area (Å²) < 4.78 is 0.753. The molecule has 0 unspecified atom stereocenters. The number of nitrogens with one attached hydrogen (secondary N) is 1. The molecule has 0 saturated heterocycles. The van der Waals surface area contributed by atoms with Gasteiger partial charge in [-0.2, -0.15) is 0 Å². The molecule has 1 aromatic carbocycles. The summed E-state index contributed by atoms with van der Waals surface area (Å²) in [6, 6.07) is 7.63. The van der Waals surface area contributed by atoms with Crippen molar-refractivity contribution in [2.45, 2.75) is 12.5 Å². The van der Waals surface area contributed by atoms with E-state index in [0.29, 0.717) is 20.7 Å². The lowest BCUT2D eigenvalue weighted by Crippen LogP contribution is -2.39. The van der Waals surface area contributed by atoms with E-state index in [-0.39, 0.29) is 18.3 Å². The third-order valence-corrected chi connectivity index (χ3v) is 4.36. The SMILES string of the molecule is O=C(N[C@H](CO)Cc1ccc(O)cc1)c1cc(Cl)sc1Cl. The normalized spacial score (nSPS) is 12.1. The number of thiophene rings is 1. The Labute approximate surface area is 135 Å². The summed E-state index contributed by atoms with van der Waals surface area (Å²) in [5, 5.41) is 21.3. The predicted molar refractivity (Wildman–Crippen MR) is 84.5 cm³/mol. The molecule has 0 radical (unpaired) electrons. The highest BCUT2D eigenvalue weighted by molar-refractivity contribution is 7.20. The summed E-state index contributed by atoms with van der Waals surface area (Å²) in [7, 11) is 0. The highest BCUT2D eigenvalue weighted by atomic mass is 35.5. The van der Waals surface area contributed by atoms with Crippen LogP contribution >= 0.6 is 34.5 Å². The number of carbonyl (C=O) groups is 1. The van der Waals surface area contributed by atoms with Gasteiger partial charge in [0.2, 0.25) is 0 Å². The Bertz CT molecular complexity index is 628. The molecule has 1 heterocycles. The van der Waals surface area contributed by atoms with Crippen LogP contribution in [0.5, 0.6) is 5.75 Å². The number of carbonyl (C=O) groups excluding carboxylic acids is 1. The number of hydrogen-bond donors (Lipinski definition) is 3. The van der Waals surface area contributed by atoms with Gasteiger partial charge in [-0.1, -0.05) is 35.3 Å². The van der Waals surface area contributed by atoms with Crippen molar-refractivity contribution in [1.29, 1.82) is 0 Å². The van der Waals surface area contributed by atoms with Crippen molar-refractivity contribution in [1.82, 2.24) is 5.32 Å².